The SMILES string of the molecule is CC[C@H](C)NC(=O)NC(=O)CSc1nc2ccccc2c2nc3ccccc3n12. The van der Waals surface area contributed by atoms with Gasteiger partial charge in [-0.25, -0.2) is 14.8 Å². The molecule has 148 valence electrons. The number of imide groups is 1. The summed E-state index contributed by atoms with van der Waals surface area (Å²) < 4.78 is 1.97. The molecule has 4 rings (SSSR count). The fraction of sp³-hybridized carbons (Fsp3) is 0.238. The number of carbonyl (C=O) groups excluding carboxylic acids is 2. The zero-order chi connectivity index (χ0) is 20.4. The van der Waals surface area contributed by atoms with Crippen molar-refractivity contribution in [1.29, 1.82) is 0 Å². The molecule has 2 aromatic carbocycles. The highest BCUT2D eigenvalue weighted by atomic mass is 32.2. The van der Waals surface area contributed by atoms with Crippen LogP contribution in [0.5, 0.6) is 0 Å². The number of hydrogen-bond donors (Lipinski definition) is 2. The van der Waals surface area contributed by atoms with Gasteiger partial charge in [0.2, 0.25) is 5.91 Å². The Balaban J connectivity index is 1.64. The average molecular weight is 407 g/mol. The molecular weight excluding hydrogens is 386 g/mol. The van der Waals surface area contributed by atoms with Gasteiger partial charge in [0.25, 0.3) is 0 Å². The van der Waals surface area contributed by atoms with Gasteiger partial charge in [0.1, 0.15) is 5.65 Å². The molecule has 3 amide bonds. The van der Waals surface area contributed by atoms with E-state index in [4.69, 9.17) is 9.97 Å². The Morgan fingerprint density at radius 2 is 1.79 bits per heavy atom. The molecule has 4 aromatic rings. The third-order valence-electron chi connectivity index (χ3n) is 4.69. The second kappa shape index (κ2) is 8.08. The van der Waals surface area contributed by atoms with Crippen LogP contribution >= 0.6 is 11.8 Å². The average Bonchev–Trinajstić information content (AvgIpc) is 3.12. The molecule has 8 heteroatoms. The molecule has 0 aliphatic carbocycles. The quantitative estimate of drug-likeness (QED) is 0.389. The van der Waals surface area contributed by atoms with Gasteiger partial charge in [-0.15, -0.1) is 0 Å². The van der Waals surface area contributed by atoms with Gasteiger partial charge in [-0.3, -0.25) is 14.5 Å². The fourth-order valence-electron chi connectivity index (χ4n) is 3.07. The predicted octanol–water partition coefficient (Wildman–Crippen LogP) is 3.75. The minimum Gasteiger partial charge on any atom is -0.335 e. The van der Waals surface area contributed by atoms with Crippen LogP contribution in [0.15, 0.2) is 53.7 Å². The molecule has 29 heavy (non-hydrogen) atoms. The molecule has 0 fully saturated rings. The number of imidazole rings is 1. The number of nitrogens with one attached hydrogen (secondary N) is 2. The monoisotopic (exact) mass is 407 g/mol. The summed E-state index contributed by atoms with van der Waals surface area (Å²) in [5.74, 6) is -0.302. The molecule has 0 saturated carbocycles. The van der Waals surface area contributed by atoms with E-state index in [1.807, 2.05) is 66.8 Å². The Hall–Kier alpha value is -3.13. The lowest BCUT2D eigenvalue weighted by Crippen LogP contribution is -2.43. The molecule has 0 aliphatic rings. The molecule has 0 radical (unpaired) electrons. The number of thioether (sulfide) groups is 1. The number of fused-ring (bicyclic) bond motifs is 5. The van der Waals surface area contributed by atoms with Gasteiger partial charge in [-0.2, -0.15) is 0 Å². The van der Waals surface area contributed by atoms with Crippen molar-refractivity contribution in [3.63, 3.8) is 0 Å². The molecule has 0 spiro atoms. The van der Waals surface area contributed by atoms with Crippen LogP contribution in [-0.2, 0) is 4.79 Å². The van der Waals surface area contributed by atoms with Crippen molar-refractivity contribution in [1.82, 2.24) is 25.0 Å². The number of rotatable bonds is 5. The van der Waals surface area contributed by atoms with E-state index in [1.165, 1.54) is 11.8 Å². The molecule has 0 unspecified atom stereocenters. The minimum absolute atomic E-state index is 0.00884. The van der Waals surface area contributed by atoms with Gasteiger partial charge in [0.15, 0.2) is 5.16 Å². The lowest BCUT2D eigenvalue weighted by molar-refractivity contribution is -0.117. The summed E-state index contributed by atoms with van der Waals surface area (Å²) in [7, 11) is 0. The second-order valence-electron chi connectivity index (χ2n) is 6.79. The third kappa shape index (κ3) is 3.88. The number of carbonyl (C=O) groups is 2. The van der Waals surface area contributed by atoms with E-state index in [9.17, 15) is 9.59 Å². The Morgan fingerprint density at radius 1 is 1.07 bits per heavy atom. The summed E-state index contributed by atoms with van der Waals surface area (Å²) in [6, 6.07) is 15.2. The zero-order valence-electron chi connectivity index (χ0n) is 16.2. The minimum atomic E-state index is -0.477. The van der Waals surface area contributed by atoms with Crippen molar-refractivity contribution < 1.29 is 9.59 Å². The predicted molar refractivity (Wildman–Crippen MR) is 115 cm³/mol. The highest BCUT2D eigenvalue weighted by molar-refractivity contribution is 7.99. The van der Waals surface area contributed by atoms with Gasteiger partial charge in [-0.1, -0.05) is 43.0 Å². The molecule has 0 aliphatic heterocycles. The highest BCUT2D eigenvalue weighted by Gasteiger charge is 2.16. The smallest absolute Gasteiger partial charge is 0.321 e. The highest BCUT2D eigenvalue weighted by Crippen LogP contribution is 2.28. The molecule has 0 bridgehead atoms. The van der Waals surface area contributed by atoms with Gasteiger partial charge in [0, 0.05) is 11.4 Å². The van der Waals surface area contributed by atoms with Crippen LogP contribution in [0.3, 0.4) is 0 Å². The Kier molecular flexibility index (Phi) is 5.35. The normalized spacial score (nSPS) is 12.3. The number of aromatic nitrogens is 3. The van der Waals surface area contributed by atoms with Gasteiger partial charge in [-0.05, 0) is 37.6 Å². The first kappa shape index (κ1) is 19.2. The summed E-state index contributed by atoms with van der Waals surface area (Å²) in [5.41, 5.74) is 3.41. The van der Waals surface area contributed by atoms with Crippen LogP contribution in [0.1, 0.15) is 20.3 Å². The summed E-state index contributed by atoms with van der Waals surface area (Å²) in [4.78, 5) is 33.6. The van der Waals surface area contributed by atoms with Gasteiger partial charge < -0.3 is 5.32 Å². The van der Waals surface area contributed by atoms with E-state index in [-0.39, 0.29) is 17.7 Å². The lowest BCUT2D eigenvalue weighted by atomic mass is 10.2. The van der Waals surface area contributed by atoms with Crippen molar-refractivity contribution in [2.75, 3.05) is 5.75 Å². The van der Waals surface area contributed by atoms with E-state index < -0.39 is 6.03 Å². The lowest BCUT2D eigenvalue weighted by Gasteiger charge is -2.12. The van der Waals surface area contributed by atoms with Crippen molar-refractivity contribution in [3.8, 4) is 0 Å². The van der Waals surface area contributed by atoms with Crippen LogP contribution < -0.4 is 10.6 Å². The zero-order valence-corrected chi connectivity index (χ0v) is 17.0. The molecule has 2 aromatic heterocycles. The van der Waals surface area contributed by atoms with Crippen molar-refractivity contribution in [2.24, 2.45) is 0 Å². The van der Waals surface area contributed by atoms with E-state index in [0.717, 1.165) is 34.0 Å². The standard InChI is InChI=1S/C21H21N5O2S/c1-3-13(2)22-20(28)25-18(27)12-29-21-24-15-9-5-4-8-14(15)19-23-16-10-6-7-11-17(16)26(19)21/h4-11,13H,3,12H2,1-2H3,(H2,22,25,27,28)/t13-/m0/s1. The van der Waals surface area contributed by atoms with Crippen LogP contribution in [0.4, 0.5) is 4.79 Å². The first-order valence-corrected chi connectivity index (χ1v) is 10.4. The molecular formula is C21H21N5O2S. The molecule has 0 saturated heterocycles. The first-order chi connectivity index (χ1) is 14.1. The first-order valence-electron chi connectivity index (χ1n) is 9.46. The van der Waals surface area contributed by atoms with E-state index in [2.05, 4.69) is 10.6 Å². The second-order valence-corrected chi connectivity index (χ2v) is 7.73. The van der Waals surface area contributed by atoms with Gasteiger partial charge >= 0.3 is 6.03 Å². The Labute approximate surface area is 171 Å². The maximum absolute atomic E-state index is 12.3. The molecule has 1 atom stereocenters. The van der Waals surface area contributed by atoms with Crippen molar-refractivity contribution in [2.45, 2.75) is 31.5 Å². The van der Waals surface area contributed by atoms with Crippen LogP contribution in [0.2, 0.25) is 0 Å². The van der Waals surface area contributed by atoms with Crippen molar-refractivity contribution >= 4 is 51.3 Å². The van der Waals surface area contributed by atoms with Crippen LogP contribution in [0.25, 0.3) is 27.6 Å². The number of nitrogens with zero attached hydrogens (tertiary/aromatic N) is 3. The van der Waals surface area contributed by atoms with Crippen molar-refractivity contribution in [3.05, 3.63) is 48.5 Å². The Bertz CT molecular complexity index is 1220. The largest absolute Gasteiger partial charge is 0.335 e. The van der Waals surface area contributed by atoms with E-state index in [0.29, 0.717) is 5.16 Å². The summed E-state index contributed by atoms with van der Waals surface area (Å²) in [5, 5.41) is 6.70. The number of amides is 3. The fourth-order valence-corrected chi connectivity index (χ4v) is 3.87. The summed E-state index contributed by atoms with van der Waals surface area (Å²) in [6.45, 7) is 3.85. The summed E-state index contributed by atoms with van der Waals surface area (Å²) >= 11 is 1.28. The Morgan fingerprint density at radius 3 is 2.59 bits per heavy atom. The van der Waals surface area contributed by atoms with Crippen LogP contribution in [0, 0.1) is 0 Å². The maximum Gasteiger partial charge on any atom is 0.321 e. The third-order valence-corrected chi connectivity index (χ3v) is 5.63. The van der Waals surface area contributed by atoms with E-state index >= 15 is 0 Å². The number of para-hydroxylation sites is 3. The van der Waals surface area contributed by atoms with E-state index in [1.54, 1.807) is 0 Å². The molecule has 2 N–H and O–H groups in total. The number of hydrogen-bond acceptors (Lipinski definition) is 5. The number of urea groups is 1. The molecule has 2 heterocycles. The molecule has 7 nitrogen and oxygen atoms in total. The topological polar surface area (TPSA) is 88.4 Å². The maximum atomic E-state index is 12.3. The summed E-state index contributed by atoms with van der Waals surface area (Å²) in [6.07, 6.45) is 0.795. The number of benzene rings is 2. The van der Waals surface area contributed by atoms with Gasteiger partial charge in [0.05, 0.1) is 22.3 Å². The van der Waals surface area contributed by atoms with Crippen LogP contribution in [-0.4, -0.2) is 38.1 Å².